The molecule has 1 aromatic rings. The standard InChI is InChI=1S/C20H26N2O3/c1-6-16-14(2)9-7-11-17(16)18(23)22-12-8-10-15(13-22)21-19(24)25-20(3,4)5/h1,7,9,11,15H,8,10,12-13H2,2-5H3,(H,21,24). The quantitative estimate of drug-likeness (QED) is 0.840. The monoisotopic (exact) mass is 342 g/mol. The average molecular weight is 342 g/mol. The van der Waals surface area contributed by atoms with Crippen molar-refractivity contribution in [3.8, 4) is 12.3 Å². The van der Waals surface area contributed by atoms with Crippen molar-refractivity contribution in [2.45, 2.75) is 52.2 Å². The van der Waals surface area contributed by atoms with E-state index in [2.05, 4.69) is 11.2 Å². The molecule has 1 heterocycles. The third kappa shape index (κ3) is 4.99. The summed E-state index contributed by atoms with van der Waals surface area (Å²) >= 11 is 0. The van der Waals surface area contributed by atoms with Crippen LogP contribution in [-0.4, -0.2) is 41.6 Å². The van der Waals surface area contributed by atoms with Crippen molar-refractivity contribution in [2.24, 2.45) is 0 Å². The molecule has 5 heteroatoms. The summed E-state index contributed by atoms with van der Waals surface area (Å²) in [5.41, 5.74) is 1.54. The fraction of sp³-hybridized carbons (Fsp3) is 0.500. The van der Waals surface area contributed by atoms with Gasteiger partial charge in [0.1, 0.15) is 5.60 Å². The molecule has 1 atom stereocenters. The first kappa shape index (κ1) is 18.9. The van der Waals surface area contributed by atoms with Crippen molar-refractivity contribution in [1.82, 2.24) is 10.2 Å². The number of piperidine rings is 1. The zero-order valence-electron chi connectivity index (χ0n) is 15.4. The molecule has 1 saturated heterocycles. The van der Waals surface area contributed by atoms with Gasteiger partial charge in [-0.2, -0.15) is 0 Å². The summed E-state index contributed by atoms with van der Waals surface area (Å²) in [7, 11) is 0. The van der Waals surface area contributed by atoms with Crippen LogP contribution in [0.25, 0.3) is 0 Å². The number of amides is 2. The number of carbonyl (C=O) groups excluding carboxylic acids is 2. The molecule has 25 heavy (non-hydrogen) atoms. The highest BCUT2D eigenvalue weighted by molar-refractivity contribution is 5.97. The number of nitrogens with zero attached hydrogens (tertiary/aromatic N) is 1. The molecule has 1 unspecified atom stereocenters. The number of ether oxygens (including phenoxy) is 1. The van der Waals surface area contributed by atoms with Crippen LogP contribution in [0.2, 0.25) is 0 Å². The van der Waals surface area contributed by atoms with Crippen LogP contribution >= 0.6 is 0 Å². The Bertz CT molecular complexity index is 698. The molecule has 0 bridgehead atoms. The van der Waals surface area contributed by atoms with Gasteiger partial charge >= 0.3 is 6.09 Å². The van der Waals surface area contributed by atoms with Gasteiger partial charge < -0.3 is 15.0 Å². The van der Waals surface area contributed by atoms with E-state index in [9.17, 15) is 9.59 Å². The number of hydrogen-bond acceptors (Lipinski definition) is 3. The van der Waals surface area contributed by atoms with Crippen LogP contribution < -0.4 is 5.32 Å². The van der Waals surface area contributed by atoms with E-state index in [0.717, 1.165) is 18.4 Å². The summed E-state index contributed by atoms with van der Waals surface area (Å²) in [5, 5.41) is 2.86. The molecule has 0 saturated carbocycles. The summed E-state index contributed by atoms with van der Waals surface area (Å²) in [6.07, 6.45) is 6.77. The summed E-state index contributed by atoms with van der Waals surface area (Å²) in [4.78, 5) is 26.6. The maximum atomic E-state index is 12.9. The molecular weight excluding hydrogens is 316 g/mol. The van der Waals surface area contributed by atoms with Gasteiger partial charge in [0.25, 0.3) is 5.91 Å². The number of carbonyl (C=O) groups is 2. The summed E-state index contributed by atoms with van der Waals surface area (Å²) < 4.78 is 5.29. The van der Waals surface area contributed by atoms with E-state index < -0.39 is 11.7 Å². The molecule has 1 aromatic carbocycles. The van der Waals surface area contributed by atoms with E-state index >= 15 is 0 Å². The van der Waals surface area contributed by atoms with Gasteiger partial charge in [-0.15, -0.1) is 6.42 Å². The topological polar surface area (TPSA) is 58.6 Å². The second-order valence-corrected chi connectivity index (χ2v) is 7.38. The molecule has 0 aliphatic carbocycles. The third-order valence-electron chi connectivity index (χ3n) is 4.08. The number of hydrogen-bond donors (Lipinski definition) is 1. The highest BCUT2D eigenvalue weighted by Gasteiger charge is 2.28. The van der Waals surface area contributed by atoms with E-state index in [1.165, 1.54) is 0 Å². The van der Waals surface area contributed by atoms with Crippen molar-refractivity contribution in [3.63, 3.8) is 0 Å². The maximum Gasteiger partial charge on any atom is 0.407 e. The van der Waals surface area contributed by atoms with E-state index in [1.54, 1.807) is 11.0 Å². The van der Waals surface area contributed by atoms with Gasteiger partial charge in [-0.25, -0.2) is 4.79 Å². The molecule has 1 aliphatic rings. The predicted octanol–water partition coefficient (Wildman–Crippen LogP) is 3.11. The Labute approximate surface area is 149 Å². The van der Waals surface area contributed by atoms with Gasteiger partial charge in [-0.1, -0.05) is 18.1 Å². The van der Waals surface area contributed by atoms with E-state index in [4.69, 9.17) is 11.2 Å². The SMILES string of the molecule is C#Cc1c(C)cccc1C(=O)N1CCCC(NC(=O)OC(C)(C)C)C1. The second-order valence-electron chi connectivity index (χ2n) is 7.38. The van der Waals surface area contributed by atoms with Crippen LogP contribution in [0.3, 0.4) is 0 Å². The van der Waals surface area contributed by atoms with Crippen LogP contribution in [0.15, 0.2) is 18.2 Å². The van der Waals surface area contributed by atoms with Gasteiger partial charge in [-0.05, 0) is 52.2 Å². The summed E-state index contributed by atoms with van der Waals surface area (Å²) in [6.45, 7) is 8.47. The summed E-state index contributed by atoms with van der Waals surface area (Å²) in [6, 6.07) is 5.38. The number of terminal acetylenes is 1. The highest BCUT2D eigenvalue weighted by Crippen LogP contribution is 2.19. The Hall–Kier alpha value is -2.48. The normalized spacial score (nSPS) is 17.6. The molecule has 2 amide bonds. The number of nitrogens with one attached hydrogen (secondary N) is 1. The number of likely N-dealkylation sites (tertiary alicyclic amines) is 1. The van der Waals surface area contributed by atoms with Crippen LogP contribution in [-0.2, 0) is 4.74 Å². The minimum atomic E-state index is -0.544. The lowest BCUT2D eigenvalue weighted by molar-refractivity contribution is 0.0452. The van der Waals surface area contributed by atoms with E-state index in [0.29, 0.717) is 24.2 Å². The first-order valence-corrected chi connectivity index (χ1v) is 8.56. The molecule has 2 rings (SSSR count). The Morgan fingerprint density at radius 1 is 1.36 bits per heavy atom. The number of rotatable bonds is 2. The molecular formula is C20H26N2O3. The lowest BCUT2D eigenvalue weighted by atomic mass is 9.99. The van der Waals surface area contributed by atoms with Gasteiger partial charge in [0.2, 0.25) is 0 Å². The molecule has 1 fully saturated rings. The smallest absolute Gasteiger partial charge is 0.407 e. The second kappa shape index (κ2) is 7.60. The number of alkyl carbamates (subject to hydrolysis) is 1. The van der Waals surface area contributed by atoms with Crippen LogP contribution in [0.5, 0.6) is 0 Å². The molecule has 5 nitrogen and oxygen atoms in total. The fourth-order valence-electron chi connectivity index (χ4n) is 2.96. The van der Waals surface area contributed by atoms with Crippen molar-refractivity contribution < 1.29 is 14.3 Å². The molecule has 0 aromatic heterocycles. The largest absolute Gasteiger partial charge is 0.444 e. The van der Waals surface area contributed by atoms with Gasteiger partial charge in [0.15, 0.2) is 0 Å². The van der Waals surface area contributed by atoms with Crippen molar-refractivity contribution in [2.75, 3.05) is 13.1 Å². The number of benzene rings is 1. The lowest BCUT2D eigenvalue weighted by Crippen LogP contribution is -2.50. The number of aryl methyl sites for hydroxylation is 1. The average Bonchev–Trinajstić information content (AvgIpc) is 2.52. The molecule has 1 N–H and O–H groups in total. The van der Waals surface area contributed by atoms with Crippen LogP contribution in [0, 0.1) is 19.3 Å². The van der Waals surface area contributed by atoms with Gasteiger partial charge in [0, 0.05) is 24.7 Å². The zero-order chi connectivity index (χ0) is 18.6. The molecule has 134 valence electrons. The Kier molecular flexibility index (Phi) is 5.73. The van der Waals surface area contributed by atoms with E-state index in [1.807, 2.05) is 39.8 Å². The minimum absolute atomic E-state index is 0.0904. The van der Waals surface area contributed by atoms with Crippen LogP contribution in [0.1, 0.15) is 55.1 Å². The zero-order valence-corrected chi connectivity index (χ0v) is 15.4. The van der Waals surface area contributed by atoms with E-state index in [-0.39, 0.29) is 11.9 Å². The highest BCUT2D eigenvalue weighted by atomic mass is 16.6. The minimum Gasteiger partial charge on any atom is -0.444 e. The molecule has 1 aliphatic heterocycles. The first-order chi connectivity index (χ1) is 11.7. The van der Waals surface area contributed by atoms with Crippen molar-refractivity contribution >= 4 is 12.0 Å². The van der Waals surface area contributed by atoms with Crippen molar-refractivity contribution in [1.29, 1.82) is 0 Å². The molecule has 0 radical (unpaired) electrons. The summed E-state index contributed by atoms with van der Waals surface area (Å²) in [5.74, 6) is 2.53. The van der Waals surface area contributed by atoms with Crippen LogP contribution in [0.4, 0.5) is 4.79 Å². The van der Waals surface area contributed by atoms with Gasteiger partial charge in [-0.3, -0.25) is 4.79 Å². The Morgan fingerprint density at radius 3 is 2.72 bits per heavy atom. The van der Waals surface area contributed by atoms with Gasteiger partial charge in [0.05, 0.1) is 5.56 Å². The maximum absolute atomic E-state index is 12.9. The first-order valence-electron chi connectivity index (χ1n) is 8.56. The Balaban J connectivity index is 2.06. The lowest BCUT2D eigenvalue weighted by Gasteiger charge is -2.34. The molecule has 0 spiro atoms. The predicted molar refractivity (Wildman–Crippen MR) is 97.4 cm³/mol. The third-order valence-corrected chi connectivity index (χ3v) is 4.08. The fourth-order valence-corrected chi connectivity index (χ4v) is 2.96. The van der Waals surface area contributed by atoms with Crippen molar-refractivity contribution in [3.05, 3.63) is 34.9 Å². The Morgan fingerprint density at radius 2 is 2.08 bits per heavy atom.